The molecule has 36 heavy (non-hydrogen) atoms. The summed E-state index contributed by atoms with van der Waals surface area (Å²) in [5.74, 6) is -1.89. The van der Waals surface area contributed by atoms with Crippen LogP contribution in [-0.2, 0) is 25.5 Å². The third-order valence-corrected chi connectivity index (χ3v) is 6.15. The second kappa shape index (κ2) is 12.7. The number of amides is 3. The van der Waals surface area contributed by atoms with Crippen molar-refractivity contribution in [3.05, 3.63) is 83.4 Å². The molecule has 1 unspecified atom stereocenters. The highest BCUT2D eigenvalue weighted by atomic mass is 32.1. The van der Waals surface area contributed by atoms with Gasteiger partial charge in [0, 0.05) is 12.0 Å². The molecule has 0 spiro atoms. The van der Waals surface area contributed by atoms with Crippen LogP contribution in [0.3, 0.4) is 0 Å². The number of hydrogen-bond acceptors (Lipinski definition) is 6. The van der Waals surface area contributed by atoms with Gasteiger partial charge in [0.05, 0.1) is 24.8 Å². The van der Waals surface area contributed by atoms with Gasteiger partial charge in [0.15, 0.2) is 0 Å². The number of ether oxygens (including phenoxy) is 1. The fourth-order valence-corrected chi connectivity index (χ4v) is 4.01. The summed E-state index contributed by atoms with van der Waals surface area (Å²) in [7, 11) is 1.21. The Balaban J connectivity index is 1.58. The molecule has 0 saturated heterocycles. The number of carbonyl (C=O) groups excluding carboxylic acids is 4. The number of hydrogen-bond donors (Lipinski definition) is 4. The van der Waals surface area contributed by atoms with Crippen molar-refractivity contribution in [2.24, 2.45) is 0 Å². The van der Waals surface area contributed by atoms with Crippen molar-refractivity contribution >= 4 is 47.1 Å². The molecular weight excluding hydrogens is 478 g/mol. The second-order valence-corrected chi connectivity index (χ2v) is 8.88. The molecule has 3 N–H and O–H groups in total. The zero-order chi connectivity index (χ0) is 26.1. The van der Waals surface area contributed by atoms with E-state index in [4.69, 9.17) is 0 Å². The molecule has 0 radical (unpaired) electrons. The number of thiol groups is 1. The Morgan fingerprint density at radius 2 is 1.61 bits per heavy atom. The lowest BCUT2D eigenvalue weighted by Crippen LogP contribution is -2.45. The fraction of sp³-hybridized carbons (Fsp3) is 0.259. The lowest BCUT2D eigenvalue weighted by atomic mass is 9.98. The minimum atomic E-state index is -0.953. The summed E-state index contributed by atoms with van der Waals surface area (Å²) in [5, 5.41) is 4.29. The molecule has 0 heterocycles. The smallest absolute Gasteiger partial charge is 0.307 e. The van der Waals surface area contributed by atoms with E-state index in [9.17, 15) is 19.2 Å². The first-order valence-electron chi connectivity index (χ1n) is 11.5. The van der Waals surface area contributed by atoms with Crippen LogP contribution < -0.4 is 16.2 Å². The highest BCUT2D eigenvalue weighted by molar-refractivity contribution is 7.81. The normalized spacial score (nSPS) is 12.3. The van der Waals surface area contributed by atoms with Gasteiger partial charge in [-0.25, -0.2) is 0 Å². The van der Waals surface area contributed by atoms with Crippen LogP contribution in [0.2, 0.25) is 0 Å². The Kier molecular flexibility index (Phi) is 9.46. The van der Waals surface area contributed by atoms with Gasteiger partial charge in [-0.15, -0.1) is 0 Å². The van der Waals surface area contributed by atoms with Crippen LogP contribution in [0.4, 0.5) is 0 Å². The largest absolute Gasteiger partial charge is 0.469 e. The van der Waals surface area contributed by atoms with Gasteiger partial charge in [0.2, 0.25) is 5.91 Å². The Morgan fingerprint density at radius 3 is 2.39 bits per heavy atom. The predicted octanol–water partition coefficient (Wildman–Crippen LogP) is 3.27. The third kappa shape index (κ3) is 7.08. The van der Waals surface area contributed by atoms with Gasteiger partial charge in [-0.05, 0) is 41.3 Å². The molecule has 3 aromatic carbocycles. The van der Waals surface area contributed by atoms with Crippen LogP contribution in [0.5, 0.6) is 0 Å². The Morgan fingerprint density at radius 1 is 0.917 bits per heavy atom. The molecule has 0 aliphatic heterocycles. The molecule has 2 atom stereocenters. The molecule has 0 fully saturated rings. The summed E-state index contributed by atoms with van der Waals surface area (Å²) in [6.45, 7) is 1.94. The van der Waals surface area contributed by atoms with Gasteiger partial charge in [-0.3, -0.25) is 30.0 Å². The van der Waals surface area contributed by atoms with Crippen LogP contribution in [0, 0.1) is 0 Å². The Bertz CT molecular complexity index is 1260. The first kappa shape index (κ1) is 26.7. The van der Waals surface area contributed by atoms with Crippen LogP contribution in [0.15, 0.2) is 66.7 Å². The van der Waals surface area contributed by atoms with Crippen molar-refractivity contribution in [2.45, 2.75) is 37.5 Å². The standard InChI is InChI=1S/C27H29N3O5S/c1-17(20-13-7-10-18-8-3-5-11-21(18)20)28-26(33)22-12-6-4-9-19(22)14-15-24(31)29-30-27(34)23(36)16-25(32)35-2/h3-13,17,23,36H,14-16H2,1-2H3,(H,28,33)(H,29,31)(H,30,34)/t17-,23?/m1/s1. The molecule has 0 aliphatic carbocycles. The Hall–Kier alpha value is -3.85. The average molecular weight is 508 g/mol. The minimum Gasteiger partial charge on any atom is -0.469 e. The van der Waals surface area contributed by atoms with E-state index in [-0.39, 0.29) is 24.8 Å². The molecule has 0 saturated carbocycles. The molecule has 8 nitrogen and oxygen atoms in total. The maximum atomic E-state index is 13.1. The van der Waals surface area contributed by atoms with Crippen molar-refractivity contribution in [1.29, 1.82) is 0 Å². The molecular formula is C27H29N3O5S. The number of aryl methyl sites for hydroxylation is 1. The van der Waals surface area contributed by atoms with E-state index in [1.807, 2.05) is 49.4 Å². The number of benzene rings is 3. The molecule has 9 heteroatoms. The van der Waals surface area contributed by atoms with Crippen LogP contribution >= 0.6 is 12.6 Å². The van der Waals surface area contributed by atoms with E-state index in [1.54, 1.807) is 24.3 Å². The van der Waals surface area contributed by atoms with Crippen molar-refractivity contribution in [1.82, 2.24) is 16.2 Å². The van der Waals surface area contributed by atoms with Gasteiger partial charge < -0.3 is 10.1 Å². The quantitative estimate of drug-likeness (QED) is 0.202. The van der Waals surface area contributed by atoms with E-state index in [2.05, 4.69) is 33.5 Å². The molecule has 0 aromatic heterocycles. The SMILES string of the molecule is COC(=O)CC(S)C(=O)NNC(=O)CCc1ccccc1C(=O)N[C@H](C)c1cccc2ccccc12. The van der Waals surface area contributed by atoms with E-state index in [0.717, 1.165) is 16.3 Å². The average Bonchev–Trinajstić information content (AvgIpc) is 2.89. The second-order valence-electron chi connectivity index (χ2n) is 8.25. The summed E-state index contributed by atoms with van der Waals surface area (Å²) in [6.07, 6.45) is 0.110. The number of fused-ring (bicyclic) bond motifs is 1. The van der Waals surface area contributed by atoms with Crippen molar-refractivity contribution in [3.63, 3.8) is 0 Å². The van der Waals surface area contributed by atoms with Gasteiger partial charge >= 0.3 is 5.97 Å². The van der Waals surface area contributed by atoms with E-state index in [0.29, 0.717) is 17.5 Å². The van der Waals surface area contributed by atoms with Crippen molar-refractivity contribution in [3.8, 4) is 0 Å². The zero-order valence-electron chi connectivity index (χ0n) is 20.1. The first-order valence-corrected chi connectivity index (χ1v) is 12.0. The van der Waals surface area contributed by atoms with Crippen molar-refractivity contribution in [2.75, 3.05) is 7.11 Å². The van der Waals surface area contributed by atoms with Crippen molar-refractivity contribution < 1.29 is 23.9 Å². The maximum absolute atomic E-state index is 13.1. The summed E-state index contributed by atoms with van der Waals surface area (Å²) in [6, 6.07) is 20.9. The van der Waals surface area contributed by atoms with E-state index >= 15 is 0 Å². The fourth-order valence-electron chi connectivity index (χ4n) is 3.80. The number of nitrogens with one attached hydrogen (secondary N) is 3. The number of hydrazine groups is 1. The predicted molar refractivity (Wildman–Crippen MR) is 140 cm³/mol. The number of esters is 1. The Labute approximate surface area is 215 Å². The first-order chi connectivity index (χ1) is 17.3. The van der Waals surface area contributed by atoms with E-state index in [1.165, 1.54) is 7.11 Å². The number of carbonyl (C=O) groups is 4. The lowest BCUT2D eigenvalue weighted by Gasteiger charge is -2.18. The maximum Gasteiger partial charge on any atom is 0.307 e. The highest BCUT2D eigenvalue weighted by Gasteiger charge is 2.20. The van der Waals surface area contributed by atoms with Gasteiger partial charge in [-0.2, -0.15) is 12.6 Å². The number of rotatable bonds is 9. The monoisotopic (exact) mass is 507 g/mol. The summed E-state index contributed by atoms with van der Waals surface area (Å²) in [5.41, 5.74) is 6.75. The van der Waals surface area contributed by atoms with Gasteiger partial charge in [0.1, 0.15) is 0 Å². The van der Waals surface area contributed by atoms with Crippen LogP contribution in [0.25, 0.3) is 10.8 Å². The molecule has 3 aromatic rings. The zero-order valence-corrected chi connectivity index (χ0v) is 21.0. The minimum absolute atomic E-state index is 0.0394. The number of methoxy groups -OCH3 is 1. The third-order valence-electron chi connectivity index (χ3n) is 5.74. The summed E-state index contributed by atoms with van der Waals surface area (Å²) in [4.78, 5) is 48.6. The van der Waals surface area contributed by atoms with Crippen LogP contribution in [0.1, 0.15) is 47.3 Å². The van der Waals surface area contributed by atoms with Gasteiger partial charge in [-0.1, -0.05) is 60.7 Å². The summed E-state index contributed by atoms with van der Waals surface area (Å²) < 4.78 is 4.49. The molecule has 0 bridgehead atoms. The van der Waals surface area contributed by atoms with Crippen LogP contribution in [-0.4, -0.2) is 36.1 Å². The topological polar surface area (TPSA) is 114 Å². The summed E-state index contributed by atoms with van der Waals surface area (Å²) >= 11 is 4.03. The van der Waals surface area contributed by atoms with Gasteiger partial charge in [0.25, 0.3) is 11.8 Å². The molecule has 3 amide bonds. The lowest BCUT2D eigenvalue weighted by molar-refractivity contribution is -0.142. The van der Waals surface area contributed by atoms with E-state index < -0.39 is 23.0 Å². The highest BCUT2D eigenvalue weighted by Crippen LogP contribution is 2.24. The molecule has 188 valence electrons. The molecule has 3 rings (SSSR count). The molecule has 0 aliphatic rings.